The van der Waals surface area contributed by atoms with Crippen LogP contribution >= 0.6 is 0 Å². The Labute approximate surface area is 202 Å². The lowest BCUT2D eigenvalue weighted by Crippen LogP contribution is -2.52. The molecule has 0 spiro atoms. The van der Waals surface area contributed by atoms with Crippen LogP contribution in [0.3, 0.4) is 0 Å². The third-order valence-corrected chi connectivity index (χ3v) is 7.02. The number of hydrogen-bond donors (Lipinski definition) is 0. The number of piperazine rings is 1. The highest BCUT2D eigenvalue weighted by Crippen LogP contribution is 2.22. The van der Waals surface area contributed by atoms with Gasteiger partial charge in [0, 0.05) is 44.5 Å². The SMILES string of the molecule is C=N/N=C(\OCC(F)F)c1ccc(CN(c2ccccc2)S(=O)N2CCN(C(C)C)CC2)cc1. The average molecular weight is 492 g/mol. The Hall–Kier alpha value is -2.69. The summed E-state index contributed by atoms with van der Waals surface area (Å²) < 4.78 is 47.6. The Balaban J connectivity index is 1.76. The molecule has 1 saturated heterocycles. The molecule has 1 atom stereocenters. The molecular weight excluding hydrogens is 460 g/mol. The molecule has 2 aromatic carbocycles. The Kier molecular flexibility index (Phi) is 9.67. The first-order valence-corrected chi connectivity index (χ1v) is 12.2. The van der Waals surface area contributed by atoms with E-state index in [9.17, 15) is 13.0 Å². The van der Waals surface area contributed by atoms with Crippen molar-refractivity contribution in [2.45, 2.75) is 32.9 Å². The van der Waals surface area contributed by atoms with Crippen molar-refractivity contribution in [2.75, 3.05) is 37.1 Å². The zero-order valence-electron chi connectivity index (χ0n) is 19.5. The number of para-hydroxylation sites is 1. The first-order valence-electron chi connectivity index (χ1n) is 11.2. The quantitative estimate of drug-likeness (QED) is 0.287. The monoisotopic (exact) mass is 491 g/mol. The van der Waals surface area contributed by atoms with Gasteiger partial charge in [0.15, 0.2) is 17.8 Å². The molecular formula is C24H31F2N5O2S. The first-order chi connectivity index (χ1) is 16.4. The predicted octanol–water partition coefficient (Wildman–Crippen LogP) is 3.94. The molecule has 1 unspecified atom stereocenters. The maximum absolute atomic E-state index is 13.6. The van der Waals surface area contributed by atoms with Crippen molar-refractivity contribution < 1.29 is 17.7 Å². The zero-order chi connectivity index (χ0) is 24.5. The van der Waals surface area contributed by atoms with E-state index in [1.807, 2.05) is 51.1 Å². The van der Waals surface area contributed by atoms with Gasteiger partial charge in [0.25, 0.3) is 6.43 Å². The number of alkyl halides is 2. The van der Waals surface area contributed by atoms with E-state index in [2.05, 4.69) is 35.7 Å². The van der Waals surface area contributed by atoms with E-state index in [0.29, 0.717) is 18.2 Å². The van der Waals surface area contributed by atoms with Crippen molar-refractivity contribution in [1.29, 1.82) is 0 Å². The molecule has 2 aromatic rings. The molecule has 0 amide bonds. The smallest absolute Gasteiger partial charge is 0.272 e. The molecule has 0 saturated carbocycles. The molecule has 1 aliphatic rings. The van der Waals surface area contributed by atoms with Gasteiger partial charge in [0.05, 0.1) is 12.2 Å². The summed E-state index contributed by atoms with van der Waals surface area (Å²) in [5.41, 5.74) is 2.27. The molecule has 3 rings (SSSR count). The van der Waals surface area contributed by atoms with Crippen LogP contribution in [0.4, 0.5) is 14.5 Å². The van der Waals surface area contributed by atoms with Crippen LogP contribution in [0.1, 0.15) is 25.0 Å². The van der Waals surface area contributed by atoms with Gasteiger partial charge in [0.1, 0.15) is 0 Å². The Morgan fingerprint density at radius 2 is 1.74 bits per heavy atom. The van der Waals surface area contributed by atoms with Gasteiger partial charge in [-0.25, -0.2) is 17.3 Å². The van der Waals surface area contributed by atoms with Crippen LogP contribution in [-0.4, -0.2) is 71.3 Å². The molecule has 0 N–H and O–H groups in total. The number of rotatable bonds is 10. The number of halogens is 2. The van der Waals surface area contributed by atoms with E-state index in [1.54, 1.807) is 12.1 Å². The minimum Gasteiger partial charge on any atom is -0.470 e. The van der Waals surface area contributed by atoms with Crippen molar-refractivity contribution in [1.82, 2.24) is 9.21 Å². The fourth-order valence-corrected chi connectivity index (χ4v) is 4.96. The Bertz CT molecular complexity index is 965. The van der Waals surface area contributed by atoms with Crippen molar-refractivity contribution in [3.8, 4) is 0 Å². The van der Waals surface area contributed by atoms with Crippen LogP contribution in [0.15, 0.2) is 64.8 Å². The molecule has 0 radical (unpaired) electrons. The lowest BCUT2D eigenvalue weighted by Gasteiger charge is -2.38. The van der Waals surface area contributed by atoms with Crippen LogP contribution in [-0.2, 0) is 22.5 Å². The van der Waals surface area contributed by atoms with Crippen LogP contribution in [0.5, 0.6) is 0 Å². The van der Waals surface area contributed by atoms with Gasteiger partial charge in [-0.15, -0.1) is 5.10 Å². The molecule has 184 valence electrons. The van der Waals surface area contributed by atoms with Gasteiger partial charge in [-0.1, -0.05) is 30.3 Å². The van der Waals surface area contributed by atoms with Crippen LogP contribution in [0.25, 0.3) is 0 Å². The number of ether oxygens (including phenoxy) is 1. The number of nitrogens with zero attached hydrogens (tertiary/aromatic N) is 5. The van der Waals surface area contributed by atoms with Crippen molar-refractivity contribution in [3.63, 3.8) is 0 Å². The topological polar surface area (TPSA) is 60.7 Å². The molecule has 0 aliphatic carbocycles. The normalized spacial score (nSPS) is 16.6. The standard InChI is InChI=1S/C24H31F2N5O2S/c1-19(2)29-13-15-30(16-14-29)34(32)31(22-7-5-4-6-8-22)17-20-9-11-21(12-10-20)24(28-27-3)33-18-23(25)26/h4-12,19,23H,3,13-18H2,1-2H3/b28-24-. The predicted molar refractivity (Wildman–Crippen MR) is 134 cm³/mol. The minimum atomic E-state index is -2.62. The van der Waals surface area contributed by atoms with Gasteiger partial charge in [-0.2, -0.15) is 5.10 Å². The summed E-state index contributed by atoms with van der Waals surface area (Å²) >= 11 is -1.36. The van der Waals surface area contributed by atoms with Crippen LogP contribution in [0, 0.1) is 0 Å². The van der Waals surface area contributed by atoms with E-state index in [4.69, 9.17) is 4.74 Å². The fourth-order valence-electron chi connectivity index (χ4n) is 3.64. The second-order valence-corrected chi connectivity index (χ2v) is 9.53. The number of hydrogen-bond acceptors (Lipinski definition) is 5. The van der Waals surface area contributed by atoms with Gasteiger partial charge >= 0.3 is 0 Å². The lowest BCUT2D eigenvalue weighted by molar-refractivity contribution is 0.0765. The first kappa shape index (κ1) is 25.9. The summed E-state index contributed by atoms with van der Waals surface area (Å²) in [5, 5.41) is 7.12. The molecule has 10 heteroatoms. The van der Waals surface area contributed by atoms with Gasteiger partial charge in [-0.3, -0.25) is 9.21 Å². The summed E-state index contributed by atoms with van der Waals surface area (Å²) in [4.78, 5) is 2.38. The van der Waals surface area contributed by atoms with E-state index < -0.39 is 24.2 Å². The molecule has 0 bridgehead atoms. The van der Waals surface area contributed by atoms with Gasteiger partial charge in [0.2, 0.25) is 5.90 Å². The summed E-state index contributed by atoms with van der Waals surface area (Å²) in [5.74, 6) is -0.0200. The third kappa shape index (κ3) is 7.15. The number of benzene rings is 2. The van der Waals surface area contributed by atoms with Crippen molar-refractivity contribution in [2.24, 2.45) is 10.2 Å². The molecule has 0 aromatic heterocycles. The fraction of sp³-hybridized carbons (Fsp3) is 0.417. The van der Waals surface area contributed by atoms with Gasteiger partial charge in [-0.05, 0) is 43.7 Å². The van der Waals surface area contributed by atoms with E-state index in [-0.39, 0.29) is 5.90 Å². The van der Waals surface area contributed by atoms with E-state index in [1.165, 1.54) is 0 Å². The maximum atomic E-state index is 13.6. The lowest BCUT2D eigenvalue weighted by atomic mass is 10.1. The minimum absolute atomic E-state index is 0.0200. The van der Waals surface area contributed by atoms with E-state index in [0.717, 1.165) is 37.4 Å². The number of anilines is 1. The second kappa shape index (κ2) is 12.7. The highest BCUT2D eigenvalue weighted by Gasteiger charge is 2.27. The molecule has 1 fully saturated rings. The summed E-state index contributed by atoms with van der Waals surface area (Å²) in [7, 11) is 0. The summed E-state index contributed by atoms with van der Waals surface area (Å²) in [6.07, 6.45) is -2.62. The highest BCUT2D eigenvalue weighted by atomic mass is 32.2. The van der Waals surface area contributed by atoms with Gasteiger partial charge < -0.3 is 4.74 Å². The molecule has 1 aliphatic heterocycles. The second-order valence-electron chi connectivity index (χ2n) is 8.11. The zero-order valence-corrected chi connectivity index (χ0v) is 20.3. The Morgan fingerprint density at radius 3 is 2.29 bits per heavy atom. The third-order valence-electron chi connectivity index (χ3n) is 5.49. The average Bonchev–Trinajstić information content (AvgIpc) is 2.85. The summed E-state index contributed by atoms with van der Waals surface area (Å²) in [6.45, 7) is 10.4. The molecule has 34 heavy (non-hydrogen) atoms. The Morgan fingerprint density at radius 1 is 1.09 bits per heavy atom. The molecule has 7 nitrogen and oxygen atoms in total. The summed E-state index contributed by atoms with van der Waals surface area (Å²) in [6, 6.07) is 17.2. The van der Waals surface area contributed by atoms with Crippen molar-refractivity contribution >= 4 is 29.5 Å². The van der Waals surface area contributed by atoms with Crippen LogP contribution in [0.2, 0.25) is 0 Å². The largest absolute Gasteiger partial charge is 0.470 e. The van der Waals surface area contributed by atoms with Crippen molar-refractivity contribution in [3.05, 3.63) is 65.7 Å². The molecule has 1 heterocycles. The maximum Gasteiger partial charge on any atom is 0.272 e. The van der Waals surface area contributed by atoms with E-state index >= 15 is 0 Å². The van der Waals surface area contributed by atoms with Crippen LogP contribution < -0.4 is 4.31 Å². The highest BCUT2D eigenvalue weighted by molar-refractivity contribution is 7.84.